The highest BCUT2D eigenvalue weighted by molar-refractivity contribution is 7.99. The number of carbonyl (C=O) groups excluding carboxylic acids is 1. The maximum Gasteiger partial charge on any atom is 0.309 e. The summed E-state index contributed by atoms with van der Waals surface area (Å²) in [5.74, 6) is 1.43. The Labute approximate surface area is 175 Å². The molecule has 0 saturated heterocycles. The van der Waals surface area contributed by atoms with E-state index in [4.69, 9.17) is 9.63 Å². The van der Waals surface area contributed by atoms with Crippen molar-refractivity contribution in [3.8, 4) is 0 Å². The fraction of sp³-hybridized carbons (Fsp3) is 0.947. The number of rotatable bonds is 17. The summed E-state index contributed by atoms with van der Waals surface area (Å²) in [6.45, 7) is 4.13. The fourth-order valence-electron chi connectivity index (χ4n) is 2.62. The van der Waals surface area contributed by atoms with Crippen molar-refractivity contribution in [2.45, 2.75) is 64.8 Å². The van der Waals surface area contributed by atoms with Gasteiger partial charge in [-0.1, -0.05) is 46.0 Å². The molecule has 1 N–H and O–H groups in total. The first kappa shape index (κ1) is 27.9. The molecular weight excluding hydrogens is 401 g/mol. The van der Waals surface area contributed by atoms with Gasteiger partial charge in [0.1, 0.15) is 12.6 Å². The van der Waals surface area contributed by atoms with Gasteiger partial charge in [-0.2, -0.15) is 11.8 Å². The zero-order valence-electron chi connectivity index (χ0n) is 18.2. The van der Waals surface area contributed by atoms with Crippen LogP contribution in [-0.4, -0.2) is 67.3 Å². The molecule has 0 heterocycles. The van der Waals surface area contributed by atoms with Crippen LogP contribution >= 0.6 is 19.6 Å². The van der Waals surface area contributed by atoms with E-state index in [2.05, 4.69) is 11.4 Å². The van der Waals surface area contributed by atoms with E-state index < -0.39 is 7.82 Å². The van der Waals surface area contributed by atoms with Gasteiger partial charge in [0.2, 0.25) is 0 Å². The normalized spacial score (nSPS) is 16.4. The van der Waals surface area contributed by atoms with Crippen molar-refractivity contribution in [1.82, 2.24) is 0 Å². The van der Waals surface area contributed by atoms with Crippen molar-refractivity contribution in [3.63, 3.8) is 0 Å². The molecule has 0 aliphatic heterocycles. The molecule has 7 nitrogen and oxygen atoms in total. The number of hydrogen-bond acceptors (Lipinski definition) is 6. The second kappa shape index (κ2) is 14.8. The number of likely N-dealkylation sites (N-methyl/N-ethyl adjacent to an activating group) is 1. The lowest BCUT2D eigenvalue weighted by atomic mass is 10.1. The Morgan fingerprint density at radius 1 is 1.18 bits per heavy atom. The zero-order chi connectivity index (χ0) is 21.6. The summed E-state index contributed by atoms with van der Waals surface area (Å²) in [5.41, 5.74) is 0. The SMILES string of the molecule is CCCCCCCCSCC(C)C(=O)OCCC(COP(=O)([O-])O)[N+](C)(C)C. The van der Waals surface area contributed by atoms with Crippen LogP contribution < -0.4 is 4.89 Å². The molecule has 168 valence electrons. The maximum atomic E-state index is 12.1. The second-order valence-corrected chi connectivity index (χ2v) is 10.6. The van der Waals surface area contributed by atoms with Crippen LogP contribution in [0.3, 0.4) is 0 Å². The van der Waals surface area contributed by atoms with Gasteiger partial charge < -0.3 is 23.5 Å². The fourth-order valence-corrected chi connectivity index (χ4v) is 4.05. The number of phosphoric acid groups is 1. The Kier molecular flexibility index (Phi) is 14.7. The van der Waals surface area contributed by atoms with Gasteiger partial charge in [-0.3, -0.25) is 9.36 Å². The molecule has 0 radical (unpaired) electrons. The molecule has 0 fully saturated rings. The van der Waals surface area contributed by atoms with Gasteiger partial charge in [0, 0.05) is 12.2 Å². The first-order chi connectivity index (χ1) is 13.0. The highest BCUT2D eigenvalue weighted by Gasteiger charge is 2.26. The van der Waals surface area contributed by atoms with Crippen molar-refractivity contribution in [2.24, 2.45) is 5.92 Å². The summed E-state index contributed by atoms with van der Waals surface area (Å²) in [6, 6.07) is -0.223. The maximum absolute atomic E-state index is 12.1. The number of hydrogen-bond donors (Lipinski definition) is 1. The Morgan fingerprint density at radius 2 is 1.79 bits per heavy atom. The van der Waals surface area contributed by atoms with E-state index in [0.717, 1.165) is 11.5 Å². The molecule has 3 atom stereocenters. The minimum atomic E-state index is -4.75. The first-order valence-corrected chi connectivity index (χ1v) is 12.9. The Morgan fingerprint density at radius 3 is 2.36 bits per heavy atom. The molecule has 28 heavy (non-hydrogen) atoms. The van der Waals surface area contributed by atoms with E-state index in [1.165, 1.54) is 38.5 Å². The third-order valence-corrected chi connectivity index (χ3v) is 6.42. The van der Waals surface area contributed by atoms with Crippen LogP contribution in [0.2, 0.25) is 0 Å². The molecule has 3 unspecified atom stereocenters. The first-order valence-electron chi connectivity index (χ1n) is 10.2. The highest BCUT2D eigenvalue weighted by atomic mass is 32.2. The molecule has 0 spiro atoms. The highest BCUT2D eigenvalue weighted by Crippen LogP contribution is 2.31. The molecule has 0 aliphatic carbocycles. The predicted molar refractivity (Wildman–Crippen MR) is 113 cm³/mol. The number of esters is 1. The predicted octanol–water partition coefficient (Wildman–Crippen LogP) is 3.20. The smallest absolute Gasteiger partial charge is 0.309 e. The third-order valence-electron chi connectivity index (χ3n) is 4.63. The molecule has 0 aromatic heterocycles. The van der Waals surface area contributed by atoms with Gasteiger partial charge >= 0.3 is 5.97 Å². The average molecular weight is 442 g/mol. The summed E-state index contributed by atoms with van der Waals surface area (Å²) in [7, 11) is 0.927. The number of nitrogens with zero attached hydrogens (tertiary/aromatic N) is 1. The molecule has 0 aromatic rings. The molecular formula is C19H40NO6PS. The van der Waals surface area contributed by atoms with E-state index in [1.54, 1.807) is 11.8 Å². The summed E-state index contributed by atoms with van der Waals surface area (Å²) < 4.78 is 21.1. The van der Waals surface area contributed by atoms with Crippen LogP contribution in [0.4, 0.5) is 0 Å². The van der Waals surface area contributed by atoms with Crippen LogP contribution in [0.5, 0.6) is 0 Å². The molecule has 0 aliphatic rings. The van der Waals surface area contributed by atoms with E-state index in [1.807, 2.05) is 28.1 Å². The van der Waals surface area contributed by atoms with E-state index in [-0.39, 0.29) is 31.1 Å². The van der Waals surface area contributed by atoms with Crippen LogP contribution in [0.15, 0.2) is 0 Å². The lowest BCUT2D eigenvalue weighted by Crippen LogP contribution is -2.48. The zero-order valence-corrected chi connectivity index (χ0v) is 19.9. The standard InChI is InChI=1S/C19H40NO6PS/c1-6-7-8-9-10-11-14-28-16-17(2)19(21)25-13-12-18(20(3,4)5)15-26-27(22,23)24/h17-18H,6-16H2,1-5H3,(H-,22,23,24). The van der Waals surface area contributed by atoms with Gasteiger partial charge in [-0.05, 0) is 12.2 Å². The average Bonchev–Trinajstić information content (AvgIpc) is 2.57. The van der Waals surface area contributed by atoms with Crippen molar-refractivity contribution >= 4 is 25.6 Å². The van der Waals surface area contributed by atoms with Gasteiger partial charge in [0.15, 0.2) is 0 Å². The van der Waals surface area contributed by atoms with E-state index in [0.29, 0.717) is 10.9 Å². The summed E-state index contributed by atoms with van der Waals surface area (Å²) in [5, 5.41) is 0. The van der Waals surface area contributed by atoms with Crippen LogP contribution in [0.1, 0.15) is 58.8 Å². The van der Waals surface area contributed by atoms with Crippen molar-refractivity contribution < 1.29 is 32.9 Å². The second-order valence-electron chi connectivity index (χ2n) is 8.23. The number of carbonyl (C=O) groups is 1. The monoisotopic (exact) mass is 441 g/mol. The molecule has 0 saturated carbocycles. The van der Waals surface area contributed by atoms with Crippen LogP contribution in [-0.2, 0) is 18.6 Å². The lowest BCUT2D eigenvalue weighted by Gasteiger charge is -2.34. The molecule has 0 aromatic carbocycles. The summed E-state index contributed by atoms with van der Waals surface area (Å²) >= 11 is 1.79. The molecule has 0 amide bonds. The summed E-state index contributed by atoms with van der Waals surface area (Å²) in [4.78, 5) is 31.7. The quantitative estimate of drug-likeness (QED) is 0.160. The number of thioether (sulfide) groups is 1. The van der Waals surface area contributed by atoms with Gasteiger partial charge in [0.25, 0.3) is 7.82 Å². The number of ether oxygens (including phenoxy) is 1. The Bertz CT molecular complexity index is 466. The van der Waals surface area contributed by atoms with Crippen molar-refractivity contribution in [1.29, 1.82) is 0 Å². The topological polar surface area (TPSA) is 95.9 Å². The number of unbranched alkanes of at least 4 members (excludes halogenated alkanes) is 5. The van der Waals surface area contributed by atoms with E-state index >= 15 is 0 Å². The van der Waals surface area contributed by atoms with Gasteiger partial charge in [-0.25, -0.2) is 0 Å². The lowest BCUT2D eigenvalue weighted by molar-refractivity contribution is -0.896. The minimum Gasteiger partial charge on any atom is -0.756 e. The number of phosphoric ester groups is 1. The van der Waals surface area contributed by atoms with Crippen LogP contribution in [0.25, 0.3) is 0 Å². The largest absolute Gasteiger partial charge is 0.756 e. The van der Waals surface area contributed by atoms with Crippen molar-refractivity contribution in [2.75, 3.05) is 45.9 Å². The van der Waals surface area contributed by atoms with Crippen LogP contribution in [0, 0.1) is 5.92 Å². The molecule has 9 heteroatoms. The third kappa shape index (κ3) is 15.8. The molecule has 0 bridgehead atoms. The van der Waals surface area contributed by atoms with E-state index in [9.17, 15) is 14.3 Å². The van der Waals surface area contributed by atoms with Gasteiger partial charge in [-0.15, -0.1) is 0 Å². The molecule has 0 rings (SSSR count). The minimum absolute atomic E-state index is 0.151. The summed E-state index contributed by atoms with van der Waals surface area (Å²) in [6.07, 6.45) is 8.08. The van der Waals surface area contributed by atoms with Gasteiger partial charge in [0.05, 0.1) is 33.7 Å². The Hall–Kier alpha value is -0.110. The number of quaternary nitrogens is 1. The Balaban J connectivity index is 4.01. The van der Waals surface area contributed by atoms with Crippen molar-refractivity contribution in [3.05, 3.63) is 0 Å².